The van der Waals surface area contributed by atoms with Gasteiger partial charge < -0.3 is 15.0 Å². The third kappa shape index (κ3) is 3.54. The normalized spacial score (nSPS) is 10.6. The van der Waals surface area contributed by atoms with Crippen LogP contribution in [0.3, 0.4) is 0 Å². The van der Waals surface area contributed by atoms with Crippen molar-refractivity contribution in [1.29, 1.82) is 0 Å². The van der Waals surface area contributed by atoms with Crippen LogP contribution in [0.1, 0.15) is 0 Å². The second-order valence-electron chi connectivity index (χ2n) is 5.68. The Hall–Kier alpha value is -3.67. The summed E-state index contributed by atoms with van der Waals surface area (Å²) in [4.78, 5) is 23.8. The maximum absolute atomic E-state index is 11.9. The summed E-state index contributed by atoms with van der Waals surface area (Å²) in [6.07, 6.45) is 1.62. The van der Waals surface area contributed by atoms with Gasteiger partial charge >= 0.3 is 0 Å². The summed E-state index contributed by atoms with van der Waals surface area (Å²) in [5.41, 5.74) is 2.87. The lowest BCUT2D eigenvalue weighted by Crippen LogP contribution is -2.20. The molecule has 0 bridgehead atoms. The fourth-order valence-electron chi connectivity index (χ4n) is 2.56. The lowest BCUT2D eigenvalue weighted by atomic mass is 10.2. The number of rotatable bonds is 5. The van der Waals surface area contributed by atoms with Gasteiger partial charge in [-0.15, -0.1) is 0 Å². The predicted molar refractivity (Wildman–Crippen MR) is 99.9 cm³/mol. The van der Waals surface area contributed by atoms with E-state index in [1.54, 1.807) is 24.4 Å². The Morgan fingerprint density at radius 2 is 1.81 bits per heavy atom. The number of H-pyrrole nitrogens is 1. The number of imidazole rings is 1. The second kappa shape index (κ2) is 7.06. The Bertz CT molecular complexity index is 994. The van der Waals surface area contributed by atoms with Gasteiger partial charge in [0.05, 0.1) is 11.0 Å². The van der Waals surface area contributed by atoms with Crippen molar-refractivity contribution in [3.8, 4) is 17.1 Å². The number of pyridine rings is 1. The minimum absolute atomic E-state index is 0.0828. The van der Waals surface area contributed by atoms with Crippen LogP contribution in [0.5, 0.6) is 5.75 Å². The molecule has 2 N–H and O–H groups in total. The van der Waals surface area contributed by atoms with Gasteiger partial charge in [-0.2, -0.15) is 0 Å². The maximum Gasteiger partial charge on any atom is 0.263 e. The van der Waals surface area contributed by atoms with E-state index in [-0.39, 0.29) is 12.5 Å². The summed E-state index contributed by atoms with van der Waals surface area (Å²) < 4.78 is 5.52. The largest absolute Gasteiger partial charge is 0.484 e. The van der Waals surface area contributed by atoms with Crippen molar-refractivity contribution in [3.05, 3.63) is 72.9 Å². The van der Waals surface area contributed by atoms with Gasteiger partial charge in [-0.3, -0.25) is 4.79 Å². The molecule has 2 heterocycles. The Morgan fingerprint density at radius 1 is 1.00 bits per heavy atom. The topological polar surface area (TPSA) is 79.9 Å². The van der Waals surface area contributed by atoms with Crippen LogP contribution in [0.15, 0.2) is 72.9 Å². The van der Waals surface area contributed by atoms with E-state index >= 15 is 0 Å². The summed E-state index contributed by atoms with van der Waals surface area (Å²) in [5, 5.41) is 2.67. The van der Waals surface area contributed by atoms with Crippen LogP contribution in [0, 0.1) is 0 Å². The molecule has 0 saturated carbocycles. The number of aromatic nitrogens is 3. The third-order valence-corrected chi connectivity index (χ3v) is 3.82. The first-order valence-electron chi connectivity index (χ1n) is 8.17. The SMILES string of the molecule is O=C(COc1ccc(-c2nc3ccccc3[nH]2)cc1)Nc1ccccn1. The van der Waals surface area contributed by atoms with Gasteiger partial charge in [0.25, 0.3) is 5.91 Å². The number of hydrogen-bond acceptors (Lipinski definition) is 4. The van der Waals surface area contributed by atoms with Crippen molar-refractivity contribution >= 4 is 22.8 Å². The number of amides is 1. The van der Waals surface area contributed by atoms with Gasteiger partial charge in [0, 0.05) is 11.8 Å². The molecule has 128 valence electrons. The highest BCUT2D eigenvalue weighted by atomic mass is 16.5. The first-order valence-corrected chi connectivity index (χ1v) is 8.17. The maximum atomic E-state index is 11.9. The molecule has 6 heteroatoms. The zero-order valence-electron chi connectivity index (χ0n) is 13.8. The zero-order valence-corrected chi connectivity index (χ0v) is 13.8. The summed E-state index contributed by atoms with van der Waals surface area (Å²) in [5.74, 6) is 1.65. The third-order valence-electron chi connectivity index (χ3n) is 3.82. The molecule has 0 spiro atoms. The molecule has 0 unspecified atom stereocenters. The zero-order chi connectivity index (χ0) is 17.8. The molecule has 0 saturated heterocycles. The van der Waals surface area contributed by atoms with Gasteiger partial charge in [0.15, 0.2) is 6.61 Å². The fourth-order valence-corrected chi connectivity index (χ4v) is 2.56. The quantitative estimate of drug-likeness (QED) is 0.579. The molecule has 26 heavy (non-hydrogen) atoms. The van der Waals surface area contributed by atoms with E-state index in [9.17, 15) is 4.79 Å². The Balaban J connectivity index is 1.39. The van der Waals surface area contributed by atoms with Gasteiger partial charge in [0.1, 0.15) is 17.4 Å². The standard InChI is InChI=1S/C20H16N4O2/c25-19(24-18-7-3-4-12-21-18)13-26-15-10-8-14(9-11-15)20-22-16-5-1-2-6-17(16)23-20/h1-12H,13H2,(H,22,23)(H,21,24,25). The van der Waals surface area contributed by atoms with Gasteiger partial charge in [0.2, 0.25) is 0 Å². The number of nitrogens with zero attached hydrogens (tertiary/aromatic N) is 2. The average molecular weight is 344 g/mol. The molecule has 1 amide bonds. The lowest BCUT2D eigenvalue weighted by Gasteiger charge is -2.07. The van der Waals surface area contributed by atoms with Crippen LogP contribution >= 0.6 is 0 Å². The summed E-state index contributed by atoms with van der Waals surface area (Å²) in [7, 11) is 0. The van der Waals surface area contributed by atoms with E-state index in [2.05, 4.69) is 20.3 Å². The van der Waals surface area contributed by atoms with Crippen LogP contribution in [-0.2, 0) is 4.79 Å². The highest BCUT2D eigenvalue weighted by molar-refractivity contribution is 5.90. The van der Waals surface area contributed by atoms with Gasteiger partial charge in [-0.05, 0) is 48.5 Å². The van der Waals surface area contributed by atoms with E-state index in [1.807, 2.05) is 48.5 Å². The van der Waals surface area contributed by atoms with E-state index in [4.69, 9.17) is 4.74 Å². The molecule has 0 fully saturated rings. The molecule has 4 aromatic rings. The number of hydrogen-bond donors (Lipinski definition) is 2. The van der Waals surface area contributed by atoms with Crippen LogP contribution in [0.4, 0.5) is 5.82 Å². The highest BCUT2D eigenvalue weighted by Gasteiger charge is 2.07. The molecule has 2 aromatic carbocycles. The van der Waals surface area contributed by atoms with E-state index < -0.39 is 0 Å². The number of para-hydroxylation sites is 2. The second-order valence-corrected chi connectivity index (χ2v) is 5.68. The molecule has 6 nitrogen and oxygen atoms in total. The monoisotopic (exact) mass is 344 g/mol. The van der Waals surface area contributed by atoms with Crippen molar-refractivity contribution in [2.75, 3.05) is 11.9 Å². The average Bonchev–Trinajstić information content (AvgIpc) is 3.12. The van der Waals surface area contributed by atoms with Crippen LogP contribution in [0.2, 0.25) is 0 Å². The van der Waals surface area contributed by atoms with Gasteiger partial charge in [-0.25, -0.2) is 9.97 Å². The number of anilines is 1. The summed E-state index contributed by atoms with van der Waals surface area (Å²) >= 11 is 0. The van der Waals surface area contributed by atoms with Crippen molar-refractivity contribution in [2.45, 2.75) is 0 Å². The van der Waals surface area contributed by atoms with Crippen LogP contribution in [-0.4, -0.2) is 27.5 Å². The van der Waals surface area contributed by atoms with E-state index in [0.29, 0.717) is 11.6 Å². The smallest absolute Gasteiger partial charge is 0.263 e. The molecule has 0 radical (unpaired) electrons. The number of fused-ring (bicyclic) bond motifs is 1. The van der Waals surface area contributed by atoms with Crippen LogP contribution in [0.25, 0.3) is 22.4 Å². The number of nitrogens with one attached hydrogen (secondary N) is 2. The first-order chi connectivity index (χ1) is 12.8. The summed E-state index contributed by atoms with van der Waals surface area (Å²) in [6.45, 7) is -0.0828. The number of carbonyl (C=O) groups is 1. The van der Waals surface area contributed by atoms with Crippen molar-refractivity contribution < 1.29 is 9.53 Å². The first kappa shape index (κ1) is 15.8. The van der Waals surface area contributed by atoms with Crippen molar-refractivity contribution in [3.63, 3.8) is 0 Å². The molecule has 0 aliphatic carbocycles. The fraction of sp³-hybridized carbons (Fsp3) is 0.0500. The molecule has 0 aliphatic rings. The Morgan fingerprint density at radius 3 is 2.58 bits per heavy atom. The van der Waals surface area contributed by atoms with E-state index in [0.717, 1.165) is 22.4 Å². The Kier molecular flexibility index (Phi) is 4.30. The molecule has 2 aromatic heterocycles. The van der Waals surface area contributed by atoms with Crippen molar-refractivity contribution in [1.82, 2.24) is 15.0 Å². The number of benzene rings is 2. The minimum Gasteiger partial charge on any atom is -0.484 e. The minimum atomic E-state index is -0.259. The number of carbonyl (C=O) groups excluding carboxylic acids is 1. The number of ether oxygens (including phenoxy) is 1. The molecular weight excluding hydrogens is 328 g/mol. The van der Waals surface area contributed by atoms with Crippen LogP contribution < -0.4 is 10.1 Å². The molecule has 0 aliphatic heterocycles. The number of aromatic amines is 1. The molecule has 0 atom stereocenters. The lowest BCUT2D eigenvalue weighted by molar-refractivity contribution is -0.118. The van der Waals surface area contributed by atoms with Crippen molar-refractivity contribution in [2.24, 2.45) is 0 Å². The summed E-state index contributed by atoms with van der Waals surface area (Å²) in [6, 6.07) is 20.6. The van der Waals surface area contributed by atoms with E-state index in [1.165, 1.54) is 0 Å². The van der Waals surface area contributed by atoms with Gasteiger partial charge in [-0.1, -0.05) is 18.2 Å². The molecular formula is C20H16N4O2. The highest BCUT2D eigenvalue weighted by Crippen LogP contribution is 2.22. The predicted octanol–water partition coefficient (Wildman–Crippen LogP) is 3.64. The molecule has 4 rings (SSSR count). The Labute approximate surface area is 149 Å².